The SMILES string of the molecule is COc1ccc(CCN2CCC(C(=O)O)CC2)cc1[N+](=O)[O-]. The zero-order valence-corrected chi connectivity index (χ0v) is 12.5. The number of hydrogen-bond donors (Lipinski definition) is 1. The predicted molar refractivity (Wildman–Crippen MR) is 80.2 cm³/mol. The van der Waals surface area contributed by atoms with Gasteiger partial charge in [0, 0.05) is 12.6 Å². The third-order valence-electron chi connectivity index (χ3n) is 4.09. The highest BCUT2D eigenvalue weighted by molar-refractivity contribution is 5.70. The Labute approximate surface area is 128 Å². The molecule has 1 aliphatic heterocycles. The number of rotatable bonds is 6. The average Bonchev–Trinajstić information content (AvgIpc) is 2.53. The van der Waals surface area contributed by atoms with Crippen LogP contribution in [0.25, 0.3) is 0 Å². The third-order valence-corrected chi connectivity index (χ3v) is 4.09. The van der Waals surface area contributed by atoms with E-state index < -0.39 is 10.9 Å². The Bertz CT molecular complexity index is 553. The van der Waals surface area contributed by atoms with Crippen LogP contribution in [0.5, 0.6) is 5.75 Å². The molecule has 0 amide bonds. The number of aliphatic carboxylic acids is 1. The van der Waals surface area contributed by atoms with Crippen LogP contribution in [-0.2, 0) is 11.2 Å². The number of nitrogens with zero attached hydrogens (tertiary/aromatic N) is 2. The fourth-order valence-corrected chi connectivity index (χ4v) is 2.72. The van der Waals surface area contributed by atoms with Crippen molar-refractivity contribution in [2.45, 2.75) is 19.3 Å². The van der Waals surface area contributed by atoms with Crippen LogP contribution in [0.4, 0.5) is 5.69 Å². The van der Waals surface area contributed by atoms with E-state index >= 15 is 0 Å². The van der Waals surface area contributed by atoms with E-state index in [-0.39, 0.29) is 17.4 Å². The minimum absolute atomic E-state index is 0.0235. The molecule has 0 bridgehead atoms. The lowest BCUT2D eigenvalue weighted by atomic mass is 9.97. The lowest BCUT2D eigenvalue weighted by molar-refractivity contribution is -0.385. The van der Waals surface area contributed by atoms with E-state index in [0.29, 0.717) is 19.3 Å². The molecule has 0 atom stereocenters. The van der Waals surface area contributed by atoms with Gasteiger partial charge in [-0.3, -0.25) is 14.9 Å². The molecule has 0 spiro atoms. The number of hydrogen-bond acceptors (Lipinski definition) is 5. The molecule has 22 heavy (non-hydrogen) atoms. The molecule has 1 heterocycles. The van der Waals surface area contributed by atoms with Crippen LogP contribution >= 0.6 is 0 Å². The normalized spacial score (nSPS) is 16.4. The van der Waals surface area contributed by atoms with E-state index in [1.165, 1.54) is 7.11 Å². The van der Waals surface area contributed by atoms with Crippen molar-refractivity contribution < 1.29 is 19.6 Å². The van der Waals surface area contributed by atoms with Crippen molar-refractivity contribution >= 4 is 11.7 Å². The molecule has 0 unspecified atom stereocenters. The number of carboxylic acid groups (broad SMARTS) is 1. The molecule has 120 valence electrons. The smallest absolute Gasteiger partial charge is 0.311 e. The minimum Gasteiger partial charge on any atom is -0.490 e. The van der Waals surface area contributed by atoms with Crippen molar-refractivity contribution in [3.05, 3.63) is 33.9 Å². The van der Waals surface area contributed by atoms with Crippen LogP contribution in [0.15, 0.2) is 18.2 Å². The highest BCUT2D eigenvalue weighted by Crippen LogP contribution is 2.28. The van der Waals surface area contributed by atoms with Crippen LogP contribution in [-0.4, -0.2) is 47.6 Å². The molecule has 1 aromatic carbocycles. The number of likely N-dealkylation sites (tertiary alicyclic amines) is 1. The summed E-state index contributed by atoms with van der Waals surface area (Å²) in [5, 5.41) is 20.0. The first kappa shape index (κ1) is 16.2. The summed E-state index contributed by atoms with van der Waals surface area (Å²) < 4.78 is 4.98. The molecule has 0 saturated carbocycles. The van der Waals surface area contributed by atoms with Gasteiger partial charge >= 0.3 is 11.7 Å². The van der Waals surface area contributed by atoms with Crippen molar-refractivity contribution in [2.24, 2.45) is 5.92 Å². The summed E-state index contributed by atoms with van der Waals surface area (Å²) in [6, 6.07) is 4.99. The van der Waals surface area contributed by atoms with Crippen molar-refractivity contribution in [1.82, 2.24) is 4.90 Å². The Hall–Kier alpha value is -2.15. The number of benzene rings is 1. The van der Waals surface area contributed by atoms with E-state index in [1.54, 1.807) is 12.1 Å². The van der Waals surface area contributed by atoms with Crippen molar-refractivity contribution in [2.75, 3.05) is 26.7 Å². The topological polar surface area (TPSA) is 92.9 Å². The maximum Gasteiger partial charge on any atom is 0.311 e. The Morgan fingerprint density at radius 1 is 1.45 bits per heavy atom. The van der Waals surface area contributed by atoms with Gasteiger partial charge in [0.1, 0.15) is 0 Å². The van der Waals surface area contributed by atoms with Crippen LogP contribution < -0.4 is 4.74 Å². The summed E-state index contributed by atoms with van der Waals surface area (Å²) in [6.45, 7) is 2.29. The molecule has 1 fully saturated rings. The van der Waals surface area contributed by atoms with Gasteiger partial charge in [0.25, 0.3) is 0 Å². The molecule has 7 nitrogen and oxygen atoms in total. The first-order valence-corrected chi connectivity index (χ1v) is 7.27. The summed E-state index contributed by atoms with van der Waals surface area (Å²) in [5.41, 5.74) is 0.859. The molecular weight excluding hydrogens is 288 g/mol. The number of piperidine rings is 1. The molecule has 7 heteroatoms. The number of methoxy groups -OCH3 is 1. The highest BCUT2D eigenvalue weighted by Gasteiger charge is 2.24. The molecular formula is C15H20N2O5. The number of ether oxygens (including phenoxy) is 1. The average molecular weight is 308 g/mol. The number of nitro benzene ring substituents is 1. The monoisotopic (exact) mass is 308 g/mol. The molecule has 1 aliphatic rings. The van der Waals surface area contributed by atoms with Crippen LogP contribution in [0.1, 0.15) is 18.4 Å². The second-order valence-corrected chi connectivity index (χ2v) is 5.47. The molecule has 0 radical (unpaired) electrons. The van der Waals surface area contributed by atoms with Gasteiger partial charge in [0.15, 0.2) is 5.75 Å². The zero-order chi connectivity index (χ0) is 16.1. The van der Waals surface area contributed by atoms with Crippen molar-refractivity contribution in [1.29, 1.82) is 0 Å². The first-order chi connectivity index (χ1) is 10.5. The lowest BCUT2D eigenvalue weighted by Gasteiger charge is -2.29. The van der Waals surface area contributed by atoms with Gasteiger partial charge in [-0.15, -0.1) is 0 Å². The molecule has 0 aliphatic carbocycles. The second-order valence-electron chi connectivity index (χ2n) is 5.47. The van der Waals surface area contributed by atoms with Crippen LogP contribution in [0.3, 0.4) is 0 Å². The van der Waals surface area contributed by atoms with Gasteiger partial charge in [-0.05, 0) is 44.0 Å². The fourth-order valence-electron chi connectivity index (χ4n) is 2.72. The summed E-state index contributed by atoms with van der Waals surface area (Å²) >= 11 is 0. The quantitative estimate of drug-likeness (QED) is 0.637. The molecule has 0 aromatic heterocycles. The maximum atomic E-state index is 11.0. The lowest BCUT2D eigenvalue weighted by Crippen LogP contribution is -2.37. The van der Waals surface area contributed by atoms with E-state index in [9.17, 15) is 14.9 Å². The van der Waals surface area contributed by atoms with Gasteiger partial charge < -0.3 is 14.7 Å². The van der Waals surface area contributed by atoms with E-state index in [4.69, 9.17) is 9.84 Å². The van der Waals surface area contributed by atoms with Crippen molar-refractivity contribution in [3.8, 4) is 5.75 Å². The number of nitro groups is 1. The Morgan fingerprint density at radius 2 is 2.14 bits per heavy atom. The third kappa shape index (κ3) is 3.94. The maximum absolute atomic E-state index is 11.0. The molecule has 1 aromatic rings. The number of carbonyl (C=O) groups is 1. The molecule has 2 rings (SSSR count). The van der Waals surface area contributed by atoms with Gasteiger partial charge in [0.2, 0.25) is 0 Å². The first-order valence-electron chi connectivity index (χ1n) is 7.27. The Kier molecular flexibility index (Phi) is 5.32. The zero-order valence-electron chi connectivity index (χ0n) is 12.5. The van der Waals surface area contributed by atoms with Gasteiger partial charge in [-0.2, -0.15) is 0 Å². The number of carboxylic acids is 1. The highest BCUT2D eigenvalue weighted by atomic mass is 16.6. The van der Waals surface area contributed by atoms with Gasteiger partial charge in [0.05, 0.1) is 18.0 Å². The Morgan fingerprint density at radius 3 is 2.68 bits per heavy atom. The van der Waals surface area contributed by atoms with Crippen LogP contribution in [0, 0.1) is 16.0 Å². The second kappa shape index (κ2) is 7.22. The minimum atomic E-state index is -0.717. The van der Waals surface area contributed by atoms with E-state index in [2.05, 4.69) is 4.90 Å². The summed E-state index contributed by atoms with van der Waals surface area (Å²) in [7, 11) is 1.41. The van der Waals surface area contributed by atoms with Gasteiger partial charge in [-0.1, -0.05) is 6.07 Å². The Balaban J connectivity index is 1.91. The van der Waals surface area contributed by atoms with Crippen molar-refractivity contribution in [3.63, 3.8) is 0 Å². The summed E-state index contributed by atoms with van der Waals surface area (Å²) in [5.74, 6) is -0.695. The predicted octanol–water partition coefficient (Wildman–Crippen LogP) is 1.94. The van der Waals surface area contributed by atoms with Gasteiger partial charge in [-0.25, -0.2) is 0 Å². The van der Waals surface area contributed by atoms with Crippen LogP contribution in [0.2, 0.25) is 0 Å². The molecule has 1 saturated heterocycles. The summed E-state index contributed by atoms with van der Waals surface area (Å²) in [4.78, 5) is 23.7. The van der Waals surface area contributed by atoms with E-state index in [0.717, 1.165) is 25.2 Å². The fraction of sp³-hybridized carbons (Fsp3) is 0.533. The standard InChI is InChI=1S/C15H20N2O5/c1-22-14-3-2-11(10-13(14)17(20)21)4-7-16-8-5-12(6-9-16)15(18)19/h2-3,10,12H,4-9H2,1H3,(H,18,19). The summed E-state index contributed by atoms with van der Waals surface area (Å²) in [6.07, 6.45) is 2.03. The van der Waals surface area contributed by atoms with E-state index in [1.807, 2.05) is 6.07 Å². The molecule has 1 N–H and O–H groups in total. The largest absolute Gasteiger partial charge is 0.490 e.